The van der Waals surface area contributed by atoms with Gasteiger partial charge in [-0.1, -0.05) is 17.7 Å². The number of hydrogen-bond donors (Lipinski definition) is 1. The second-order valence-electron chi connectivity index (χ2n) is 5.22. The van der Waals surface area contributed by atoms with Gasteiger partial charge >= 0.3 is 0 Å². The summed E-state index contributed by atoms with van der Waals surface area (Å²) in [6, 6.07) is 5.18. The normalized spacial score (nSPS) is 16.2. The molecule has 0 aromatic heterocycles. The minimum absolute atomic E-state index is 0.0377. The molecule has 0 bridgehead atoms. The zero-order chi connectivity index (χ0) is 15.2. The molecule has 21 heavy (non-hydrogen) atoms. The Hall–Kier alpha value is -1.17. The number of rotatable bonds is 5. The maximum Gasteiger partial charge on any atom is 0.248 e. The third-order valence-electron chi connectivity index (χ3n) is 3.69. The molecule has 0 aliphatic carbocycles. The third kappa shape index (κ3) is 4.66. The van der Waals surface area contributed by atoms with Crippen molar-refractivity contribution in [2.24, 2.45) is 0 Å². The minimum Gasteiger partial charge on any atom is -0.375 e. The van der Waals surface area contributed by atoms with Crippen LogP contribution in [0.1, 0.15) is 18.4 Å². The van der Waals surface area contributed by atoms with Crippen LogP contribution in [0.25, 0.3) is 0 Å². The number of ether oxygens (including phenoxy) is 1. The highest BCUT2D eigenvalue weighted by Crippen LogP contribution is 2.16. The molecule has 1 amide bonds. The molecule has 4 nitrogen and oxygen atoms in total. The summed E-state index contributed by atoms with van der Waals surface area (Å²) in [6.45, 7) is 2.20. The molecule has 0 unspecified atom stereocenters. The highest BCUT2D eigenvalue weighted by molar-refractivity contribution is 6.30. The molecule has 1 aliphatic rings. The Bertz CT molecular complexity index is 491. The van der Waals surface area contributed by atoms with Crippen LogP contribution in [0.15, 0.2) is 18.2 Å². The van der Waals surface area contributed by atoms with Crippen molar-refractivity contribution in [2.45, 2.75) is 25.4 Å². The molecular formula is C15H20ClFN2O2. The van der Waals surface area contributed by atoms with E-state index >= 15 is 0 Å². The van der Waals surface area contributed by atoms with E-state index in [-0.39, 0.29) is 17.5 Å². The molecule has 6 heteroatoms. The average Bonchev–Trinajstić information content (AvgIpc) is 2.49. The Labute approximate surface area is 129 Å². The monoisotopic (exact) mass is 314 g/mol. The molecule has 1 aromatic rings. The van der Waals surface area contributed by atoms with Crippen LogP contribution in [0.3, 0.4) is 0 Å². The molecule has 0 saturated carbocycles. The van der Waals surface area contributed by atoms with E-state index in [0.29, 0.717) is 12.6 Å². The van der Waals surface area contributed by atoms with Crippen LogP contribution in [0, 0.1) is 5.82 Å². The second kappa shape index (κ2) is 7.73. The first-order valence-corrected chi connectivity index (χ1v) is 7.42. The van der Waals surface area contributed by atoms with Gasteiger partial charge in [-0.15, -0.1) is 0 Å². The lowest BCUT2D eigenvalue weighted by Gasteiger charge is -2.32. The Morgan fingerprint density at radius 1 is 1.48 bits per heavy atom. The van der Waals surface area contributed by atoms with Crippen molar-refractivity contribution in [2.75, 3.05) is 26.8 Å². The number of carbonyl (C=O) groups is 1. The van der Waals surface area contributed by atoms with E-state index in [4.69, 9.17) is 16.3 Å². The predicted octanol–water partition coefficient (Wildman–Crippen LogP) is 2.21. The summed E-state index contributed by atoms with van der Waals surface area (Å²) in [5.74, 6) is -0.355. The summed E-state index contributed by atoms with van der Waals surface area (Å²) in [5.41, 5.74) is 0.870. The van der Waals surface area contributed by atoms with Gasteiger partial charge in [0.2, 0.25) is 5.91 Å². The van der Waals surface area contributed by atoms with Gasteiger partial charge in [0.1, 0.15) is 12.4 Å². The maximum absolute atomic E-state index is 13.3. The number of nitrogens with one attached hydrogen (secondary N) is 1. The highest BCUT2D eigenvalue weighted by atomic mass is 35.5. The maximum atomic E-state index is 13.3. The highest BCUT2D eigenvalue weighted by Gasteiger charge is 2.22. The van der Waals surface area contributed by atoms with Gasteiger partial charge in [-0.3, -0.25) is 4.79 Å². The molecule has 2 rings (SSSR count). The predicted molar refractivity (Wildman–Crippen MR) is 79.7 cm³/mol. The van der Waals surface area contributed by atoms with Crippen molar-refractivity contribution in [1.82, 2.24) is 10.2 Å². The molecule has 116 valence electrons. The standard InChI is InChI=1S/C15H20ClFN2O2/c1-21-10-15(20)19-6-4-12(5-7-19)18-9-11-2-3-13(16)14(17)8-11/h2-3,8,12,18H,4-7,9-10H2,1H3. The summed E-state index contributed by atoms with van der Waals surface area (Å²) < 4.78 is 18.2. The molecule has 1 aliphatic heterocycles. The van der Waals surface area contributed by atoms with E-state index in [9.17, 15) is 9.18 Å². The van der Waals surface area contributed by atoms with Gasteiger partial charge in [0.05, 0.1) is 5.02 Å². The fraction of sp³-hybridized carbons (Fsp3) is 0.533. The summed E-state index contributed by atoms with van der Waals surface area (Å²) in [5, 5.41) is 3.54. The molecule has 1 aromatic carbocycles. The molecular weight excluding hydrogens is 295 g/mol. The van der Waals surface area contributed by atoms with Crippen molar-refractivity contribution < 1.29 is 13.9 Å². The first-order valence-electron chi connectivity index (χ1n) is 7.04. The molecule has 1 saturated heterocycles. The van der Waals surface area contributed by atoms with E-state index in [0.717, 1.165) is 31.5 Å². The van der Waals surface area contributed by atoms with Gasteiger partial charge in [-0.2, -0.15) is 0 Å². The second-order valence-corrected chi connectivity index (χ2v) is 5.62. The Kier molecular flexibility index (Phi) is 5.96. The average molecular weight is 315 g/mol. The van der Waals surface area contributed by atoms with Crippen molar-refractivity contribution in [3.63, 3.8) is 0 Å². The van der Waals surface area contributed by atoms with Crippen LogP contribution < -0.4 is 5.32 Å². The minimum atomic E-state index is -0.393. The van der Waals surface area contributed by atoms with E-state index in [1.54, 1.807) is 6.07 Å². The third-order valence-corrected chi connectivity index (χ3v) is 4.00. The number of methoxy groups -OCH3 is 1. The summed E-state index contributed by atoms with van der Waals surface area (Å²) in [7, 11) is 1.53. The lowest BCUT2D eigenvalue weighted by atomic mass is 10.0. The van der Waals surface area contributed by atoms with Crippen molar-refractivity contribution in [3.8, 4) is 0 Å². The van der Waals surface area contributed by atoms with Crippen LogP contribution in [0.5, 0.6) is 0 Å². The van der Waals surface area contributed by atoms with Crippen LogP contribution in [0.4, 0.5) is 4.39 Å². The quantitative estimate of drug-likeness (QED) is 0.906. The van der Waals surface area contributed by atoms with Crippen LogP contribution in [-0.4, -0.2) is 43.7 Å². The number of carbonyl (C=O) groups excluding carboxylic acids is 1. The fourth-order valence-electron chi connectivity index (χ4n) is 2.46. The summed E-state index contributed by atoms with van der Waals surface area (Å²) >= 11 is 5.66. The number of hydrogen-bond acceptors (Lipinski definition) is 3. The van der Waals surface area contributed by atoms with Gasteiger partial charge in [0.15, 0.2) is 0 Å². The van der Waals surface area contributed by atoms with Gasteiger partial charge in [0, 0.05) is 32.8 Å². The molecule has 1 heterocycles. The summed E-state index contributed by atoms with van der Waals surface area (Å²) in [4.78, 5) is 13.5. The SMILES string of the molecule is COCC(=O)N1CCC(NCc2ccc(Cl)c(F)c2)CC1. The van der Waals surface area contributed by atoms with Crippen LogP contribution in [0.2, 0.25) is 5.02 Å². The molecule has 1 N–H and O–H groups in total. The van der Waals surface area contributed by atoms with Crippen LogP contribution in [-0.2, 0) is 16.1 Å². The van der Waals surface area contributed by atoms with E-state index in [1.165, 1.54) is 13.2 Å². The van der Waals surface area contributed by atoms with Gasteiger partial charge in [-0.25, -0.2) is 4.39 Å². The van der Waals surface area contributed by atoms with Crippen LogP contribution >= 0.6 is 11.6 Å². The van der Waals surface area contributed by atoms with Gasteiger partial charge < -0.3 is 15.0 Å². The lowest BCUT2D eigenvalue weighted by molar-refractivity contribution is -0.136. The van der Waals surface area contributed by atoms with Crippen molar-refractivity contribution in [3.05, 3.63) is 34.6 Å². The molecule has 0 atom stereocenters. The Balaban J connectivity index is 1.76. The number of nitrogens with zero attached hydrogens (tertiary/aromatic N) is 1. The number of likely N-dealkylation sites (tertiary alicyclic amines) is 1. The summed E-state index contributed by atoms with van der Waals surface area (Å²) in [6.07, 6.45) is 1.79. The zero-order valence-electron chi connectivity index (χ0n) is 12.1. The van der Waals surface area contributed by atoms with Gasteiger partial charge in [0.25, 0.3) is 0 Å². The van der Waals surface area contributed by atoms with Gasteiger partial charge in [-0.05, 0) is 30.5 Å². The Morgan fingerprint density at radius 2 is 2.19 bits per heavy atom. The topological polar surface area (TPSA) is 41.6 Å². The van der Waals surface area contributed by atoms with E-state index in [1.807, 2.05) is 11.0 Å². The number of piperidine rings is 1. The smallest absolute Gasteiger partial charge is 0.248 e. The molecule has 0 spiro atoms. The number of benzene rings is 1. The van der Waals surface area contributed by atoms with E-state index in [2.05, 4.69) is 5.32 Å². The molecule has 1 fully saturated rings. The first-order chi connectivity index (χ1) is 10.1. The van der Waals surface area contributed by atoms with Crippen molar-refractivity contribution >= 4 is 17.5 Å². The lowest BCUT2D eigenvalue weighted by Crippen LogP contribution is -2.45. The zero-order valence-corrected chi connectivity index (χ0v) is 12.8. The van der Waals surface area contributed by atoms with Crippen molar-refractivity contribution in [1.29, 1.82) is 0 Å². The molecule has 0 radical (unpaired) electrons. The number of halogens is 2. The van der Waals surface area contributed by atoms with E-state index < -0.39 is 5.82 Å². The largest absolute Gasteiger partial charge is 0.375 e. The first kappa shape index (κ1) is 16.2. The fourth-order valence-corrected chi connectivity index (χ4v) is 2.58. The Morgan fingerprint density at radius 3 is 2.81 bits per heavy atom. The number of amides is 1.